The number of esters is 1. The summed E-state index contributed by atoms with van der Waals surface area (Å²) < 4.78 is 11.7. The molecule has 3 rings (SSSR count). The maximum atomic E-state index is 13.8. The van der Waals surface area contributed by atoms with E-state index in [9.17, 15) is 29.6 Å². The normalized spacial score (nSPS) is 18.2. The second kappa shape index (κ2) is 13.5. The van der Waals surface area contributed by atoms with Gasteiger partial charge in [-0.15, -0.1) is 11.8 Å². The minimum absolute atomic E-state index is 0.110. The van der Waals surface area contributed by atoms with Crippen molar-refractivity contribution >= 4 is 46.2 Å². The van der Waals surface area contributed by atoms with Gasteiger partial charge in [-0.3, -0.25) is 24.6 Å². The van der Waals surface area contributed by atoms with Gasteiger partial charge in [-0.25, -0.2) is 4.79 Å². The summed E-state index contributed by atoms with van der Waals surface area (Å²) >= 11 is 2.07. The van der Waals surface area contributed by atoms with Crippen LogP contribution in [-0.4, -0.2) is 49.2 Å². The van der Waals surface area contributed by atoms with Gasteiger partial charge in [0.25, 0.3) is 5.69 Å². The van der Waals surface area contributed by atoms with E-state index in [0.717, 1.165) is 5.56 Å². The number of aryl methyl sites for hydroxylation is 1. The van der Waals surface area contributed by atoms with Crippen LogP contribution in [0.3, 0.4) is 0 Å². The fourth-order valence-electron chi connectivity index (χ4n) is 3.80. The molecular weight excluding hydrogens is 568 g/mol. The van der Waals surface area contributed by atoms with Gasteiger partial charge in [-0.1, -0.05) is 45.4 Å². The van der Waals surface area contributed by atoms with Gasteiger partial charge in [-0.05, 0) is 61.2 Å². The first kappa shape index (κ1) is 32.2. The molecule has 12 heteroatoms. The Bertz CT molecular complexity index is 1320. The molecule has 10 nitrogen and oxygen atoms in total. The molecule has 0 aliphatic carbocycles. The molecule has 1 saturated heterocycles. The molecule has 1 aliphatic heterocycles. The van der Waals surface area contributed by atoms with Crippen molar-refractivity contribution in [2.45, 2.75) is 59.6 Å². The number of aliphatic hydroxyl groups excluding tert-OH is 1. The van der Waals surface area contributed by atoms with Crippen LogP contribution >= 0.6 is 23.5 Å². The van der Waals surface area contributed by atoms with Gasteiger partial charge in [0, 0.05) is 17.5 Å². The van der Waals surface area contributed by atoms with Crippen molar-refractivity contribution in [1.29, 1.82) is 0 Å². The Morgan fingerprint density at radius 1 is 1.12 bits per heavy atom. The number of carbonyl (C=O) groups excluding carboxylic acids is 3. The molecule has 0 radical (unpaired) electrons. The predicted octanol–water partition coefficient (Wildman–Crippen LogP) is 5.42. The van der Waals surface area contributed by atoms with Crippen LogP contribution in [0.2, 0.25) is 0 Å². The second-order valence-corrected chi connectivity index (χ2v) is 12.9. The van der Waals surface area contributed by atoms with Crippen LogP contribution in [0.5, 0.6) is 5.75 Å². The summed E-state index contributed by atoms with van der Waals surface area (Å²) in [5.74, 6) is -1.24. The van der Waals surface area contributed by atoms with Gasteiger partial charge in [0.15, 0.2) is 10.8 Å². The van der Waals surface area contributed by atoms with E-state index in [1.165, 1.54) is 47.9 Å². The van der Waals surface area contributed by atoms with Crippen molar-refractivity contribution in [1.82, 2.24) is 4.90 Å². The number of hydrogen-bond donors (Lipinski definition) is 1. The van der Waals surface area contributed by atoms with E-state index in [2.05, 4.69) is 0 Å². The number of hydrogen-bond acceptors (Lipinski definition) is 10. The molecule has 2 aromatic carbocycles. The molecule has 1 N–H and O–H groups in total. The SMILES string of the molecule is CCS[C@@H]1[C@@H]([C@@H](C)O)C(=O)N1C(C(=O)OCc1ccc([N+](=O)[O-])cc1)=C(Oc1ccc(C)cc1)SC(=O)C(C)(C)C. The van der Waals surface area contributed by atoms with E-state index in [1.54, 1.807) is 32.9 Å². The number of nitro benzene ring substituents is 1. The van der Waals surface area contributed by atoms with E-state index in [1.807, 2.05) is 26.0 Å². The van der Waals surface area contributed by atoms with E-state index in [-0.39, 0.29) is 28.2 Å². The van der Waals surface area contributed by atoms with Crippen molar-refractivity contribution in [3.8, 4) is 5.75 Å². The first-order chi connectivity index (χ1) is 19.2. The van der Waals surface area contributed by atoms with Gasteiger partial charge in [-0.2, -0.15) is 0 Å². The molecule has 0 spiro atoms. The molecule has 1 aliphatic rings. The van der Waals surface area contributed by atoms with Crippen LogP contribution in [0.25, 0.3) is 0 Å². The molecule has 1 amide bonds. The number of amides is 1. The highest BCUT2D eigenvalue weighted by molar-refractivity contribution is 8.16. The van der Waals surface area contributed by atoms with Gasteiger partial charge < -0.3 is 14.6 Å². The Kier molecular flexibility index (Phi) is 10.6. The molecule has 0 saturated carbocycles. The van der Waals surface area contributed by atoms with E-state index < -0.39 is 39.6 Å². The molecular formula is C29H34N2O8S2. The highest BCUT2D eigenvalue weighted by Crippen LogP contribution is 2.43. The lowest BCUT2D eigenvalue weighted by Gasteiger charge is -2.48. The Hall–Kier alpha value is -3.35. The number of thioether (sulfide) groups is 2. The van der Waals surface area contributed by atoms with Crippen LogP contribution in [0.4, 0.5) is 5.69 Å². The Morgan fingerprint density at radius 3 is 2.24 bits per heavy atom. The summed E-state index contributed by atoms with van der Waals surface area (Å²) in [4.78, 5) is 52.0. The third kappa shape index (κ3) is 7.90. The molecule has 1 heterocycles. The van der Waals surface area contributed by atoms with Crippen LogP contribution in [0.15, 0.2) is 59.3 Å². The van der Waals surface area contributed by atoms with Crippen molar-refractivity contribution in [3.05, 3.63) is 80.6 Å². The lowest BCUT2D eigenvalue weighted by atomic mass is 9.92. The highest BCUT2D eigenvalue weighted by Gasteiger charge is 2.54. The zero-order valence-corrected chi connectivity index (χ0v) is 25.4. The Balaban J connectivity index is 2.09. The molecule has 41 heavy (non-hydrogen) atoms. The number of aliphatic hydroxyl groups is 1. The van der Waals surface area contributed by atoms with Crippen LogP contribution in [-0.2, 0) is 25.7 Å². The maximum absolute atomic E-state index is 13.8. The average Bonchev–Trinajstić information content (AvgIpc) is 2.90. The monoisotopic (exact) mass is 602 g/mol. The third-order valence-corrected chi connectivity index (χ3v) is 8.55. The first-order valence-corrected chi connectivity index (χ1v) is 14.8. The van der Waals surface area contributed by atoms with Gasteiger partial charge in [0.05, 0.1) is 22.3 Å². The van der Waals surface area contributed by atoms with Gasteiger partial charge in [0.2, 0.25) is 11.0 Å². The summed E-state index contributed by atoms with van der Waals surface area (Å²) in [6, 6.07) is 12.5. The summed E-state index contributed by atoms with van der Waals surface area (Å²) in [5, 5.41) is 20.3. The zero-order chi connectivity index (χ0) is 30.5. The predicted molar refractivity (Wildman–Crippen MR) is 158 cm³/mol. The van der Waals surface area contributed by atoms with Crippen LogP contribution in [0.1, 0.15) is 45.7 Å². The number of carbonyl (C=O) groups is 3. The molecule has 220 valence electrons. The van der Waals surface area contributed by atoms with E-state index >= 15 is 0 Å². The lowest BCUT2D eigenvalue weighted by Crippen LogP contribution is -2.63. The standard InChI is InChI=1S/C29H34N2O8S2/c1-7-40-25-22(18(3)32)24(33)30(25)23(26(34)38-16-19-10-12-20(13-11-19)31(36)37)27(41-28(35)29(4,5)6)39-21-14-8-17(2)9-15-21/h8-15,18,22,25,32H,7,16H2,1-6H3/t18-,22+,25-/m1/s1. The molecule has 0 aromatic heterocycles. The molecule has 0 bridgehead atoms. The molecule has 2 aromatic rings. The summed E-state index contributed by atoms with van der Waals surface area (Å²) in [6.07, 6.45) is -0.967. The first-order valence-electron chi connectivity index (χ1n) is 13.0. The molecule has 3 atom stereocenters. The maximum Gasteiger partial charge on any atom is 0.359 e. The summed E-state index contributed by atoms with van der Waals surface area (Å²) in [5.41, 5.74) is 0.295. The number of benzene rings is 2. The number of β-lactam (4-membered cyclic amide) rings is 1. The third-order valence-electron chi connectivity index (χ3n) is 6.12. The second-order valence-electron chi connectivity index (χ2n) is 10.5. The lowest BCUT2D eigenvalue weighted by molar-refractivity contribution is -0.384. The molecule has 0 unspecified atom stereocenters. The number of nitrogens with zero attached hydrogens (tertiary/aromatic N) is 2. The number of non-ortho nitro benzene ring substituents is 1. The number of likely N-dealkylation sites (tertiary alicyclic amines) is 1. The summed E-state index contributed by atoms with van der Waals surface area (Å²) in [7, 11) is 0. The Morgan fingerprint density at radius 2 is 1.73 bits per heavy atom. The number of rotatable bonds is 11. The highest BCUT2D eigenvalue weighted by atomic mass is 32.2. The van der Waals surface area contributed by atoms with Crippen molar-refractivity contribution < 1.29 is 33.9 Å². The minimum Gasteiger partial charge on any atom is -0.456 e. The smallest absolute Gasteiger partial charge is 0.359 e. The minimum atomic E-state index is -0.967. The van der Waals surface area contributed by atoms with Crippen molar-refractivity contribution in [3.63, 3.8) is 0 Å². The largest absolute Gasteiger partial charge is 0.456 e. The molecule has 1 fully saturated rings. The quantitative estimate of drug-likeness (QED) is 0.0887. The average molecular weight is 603 g/mol. The summed E-state index contributed by atoms with van der Waals surface area (Å²) in [6.45, 7) is 10.2. The van der Waals surface area contributed by atoms with Gasteiger partial charge in [0.1, 0.15) is 12.4 Å². The van der Waals surface area contributed by atoms with E-state index in [0.29, 0.717) is 28.8 Å². The topological polar surface area (TPSA) is 136 Å². The number of nitro groups is 1. The number of ether oxygens (including phenoxy) is 2. The zero-order valence-electron chi connectivity index (χ0n) is 23.8. The van der Waals surface area contributed by atoms with Crippen LogP contribution in [0, 0.1) is 28.4 Å². The van der Waals surface area contributed by atoms with Crippen LogP contribution < -0.4 is 4.74 Å². The fourth-order valence-corrected chi connectivity index (χ4v) is 5.94. The fraction of sp³-hybridized carbons (Fsp3) is 0.414. The van der Waals surface area contributed by atoms with Crippen molar-refractivity contribution in [2.24, 2.45) is 11.3 Å². The Labute approximate surface area is 247 Å². The van der Waals surface area contributed by atoms with Crippen molar-refractivity contribution in [2.75, 3.05) is 5.75 Å². The van der Waals surface area contributed by atoms with Gasteiger partial charge >= 0.3 is 5.97 Å². The van der Waals surface area contributed by atoms with E-state index in [4.69, 9.17) is 9.47 Å².